The summed E-state index contributed by atoms with van der Waals surface area (Å²) >= 11 is 6.10. The molecule has 1 aromatic carbocycles. The fourth-order valence-electron chi connectivity index (χ4n) is 1.61. The van der Waals surface area contributed by atoms with Crippen molar-refractivity contribution in [2.75, 3.05) is 13.9 Å². The molecule has 0 aromatic heterocycles. The van der Waals surface area contributed by atoms with Gasteiger partial charge < -0.3 is 19.9 Å². The van der Waals surface area contributed by atoms with E-state index in [0.29, 0.717) is 17.0 Å². The molecule has 1 atom stereocenters. The Hall–Kier alpha value is -1.30. The number of amides is 1. The van der Waals surface area contributed by atoms with Crippen molar-refractivity contribution >= 4 is 17.7 Å². The second kappa shape index (κ2) is 6.58. The summed E-state index contributed by atoms with van der Waals surface area (Å²) in [5.74, 6) is -1.33. The lowest BCUT2D eigenvalue weighted by Crippen LogP contribution is -2.37. The van der Waals surface area contributed by atoms with Crippen LogP contribution in [-0.2, 0) is 20.0 Å². The van der Waals surface area contributed by atoms with Crippen molar-refractivity contribution in [3.63, 3.8) is 0 Å². The smallest absolute Gasteiger partial charge is 0.407 e. The third kappa shape index (κ3) is 3.35. The van der Waals surface area contributed by atoms with E-state index in [0.717, 1.165) is 0 Å². The summed E-state index contributed by atoms with van der Waals surface area (Å²) in [6.45, 7) is 1.74. The quantitative estimate of drug-likeness (QED) is 0.809. The van der Waals surface area contributed by atoms with Crippen molar-refractivity contribution in [1.29, 1.82) is 0 Å². The van der Waals surface area contributed by atoms with Crippen molar-refractivity contribution in [2.24, 2.45) is 5.73 Å². The van der Waals surface area contributed by atoms with Crippen LogP contribution in [0.3, 0.4) is 0 Å². The number of rotatable bonds is 6. The summed E-state index contributed by atoms with van der Waals surface area (Å²) in [5, 5.41) is 0.428. The molecule has 0 bridgehead atoms. The highest BCUT2D eigenvalue weighted by Gasteiger charge is 2.37. The van der Waals surface area contributed by atoms with Gasteiger partial charge in [0.1, 0.15) is 0 Å². The van der Waals surface area contributed by atoms with Gasteiger partial charge in [-0.15, -0.1) is 0 Å². The second-order valence-corrected chi connectivity index (χ2v) is 3.97. The zero-order valence-electron chi connectivity index (χ0n) is 10.3. The zero-order chi connectivity index (χ0) is 13.6. The van der Waals surface area contributed by atoms with E-state index in [2.05, 4.69) is 0 Å². The molecule has 1 amide bonds. The molecule has 5 nitrogen and oxygen atoms in total. The molecule has 0 radical (unpaired) electrons. The molecular formula is C12H16ClNO4. The number of ether oxygens (including phenoxy) is 3. The Labute approximate surface area is 111 Å². The van der Waals surface area contributed by atoms with Crippen LogP contribution in [0, 0.1) is 0 Å². The van der Waals surface area contributed by atoms with Crippen LogP contribution in [0.25, 0.3) is 0 Å². The molecule has 1 unspecified atom stereocenters. The summed E-state index contributed by atoms with van der Waals surface area (Å²) in [6, 6.07) is 6.94. The van der Waals surface area contributed by atoms with E-state index >= 15 is 0 Å². The minimum atomic E-state index is -1.33. The minimum absolute atomic E-state index is 0.0493. The van der Waals surface area contributed by atoms with Gasteiger partial charge in [0.15, 0.2) is 6.79 Å². The minimum Gasteiger partial charge on any atom is -0.412 e. The first-order valence-electron chi connectivity index (χ1n) is 5.42. The monoisotopic (exact) mass is 273 g/mol. The van der Waals surface area contributed by atoms with Gasteiger partial charge in [0.2, 0.25) is 5.79 Å². The van der Waals surface area contributed by atoms with E-state index in [9.17, 15) is 4.79 Å². The fourth-order valence-corrected chi connectivity index (χ4v) is 1.89. The zero-order valence-corrected chi connectivity index (χ0v) is 11.1. The average Bonchev–Trinajstić information content (AvgIpc) is 2.35. The van der Waals surface area contributed by atoms with E-state index in [1.807, 2.05) is 0 Å². The molecule has 0 fully saturated rings. The lowest BCUT2D eigenvalue weighted by molar-refractivity contribution is -0.249. The number of primary amides is 1. The number of benzene rings is 1. The Bertz CT molecular complexity index is 413. The molecule has 2 N–H and O–H groups in total. The molecule has 6 heteroatoms. The normalized spacial score (nSPS) is 13.9. The van der Waals surface area contributed by atoms with Gasteiger partial charge >= 0.3 is 6.09 Å². The molecule has 0 heterocycles. The molecule has 100 valence electrons. The van der Waals surface area contributed by atoms with Crippen LogP contribution in [0.4, 0.5) is 4.79 Å². The highest BCUT2D eigenvalue weighted by molar-refractivity contribution is 6.31. The molecule has 0 saturated heterocycles. The van der Waals surface area contributed by atoms with Crippen LogP contribution < -0.4 is 5.73 Å². The van der Waals surface area contributed by atoms with Crippen LogP contribution in [0.1, 0.15) is 18.9 Å². The summed E-state index contributed by atoms with van der Waals surface area (Å²) in [6.07, 6.45) is -0.587. The van der Waals surface area contributed by atoms with Crippen LogP contribution in [-0.4, -0.2) is 20.0 Å². The third-order valence-corrected chi connectivity index (χ3v) is 2.75. The number of nitrogens with two attached hydrogens (primary N) is 1. The number of halogens is 1. The standard InChI is InChI=1S/C12H16ClNO4/c1-3-12(17-8-16-2,18-11(14)15)9-6-4-5-7-10(9)13/h4-7H,3,8H2,1-2H3,(H2,14,15). The first-order chi connectivity index (χ1) is 8.55. The van der Waals surface area contributed by atoms with Gasteiger partial charge in [-0.05, 0) is 6.07 Å². The number of hydrogen-bond donors (Lipinski definition) is 1. The molecule has 0 aliphatic carbocycles. The number of methoxy groups -OCH3 is 1. The van der Waals surface area contributed by atoms with Gasteiger partial charge in [-0.25, -0.2) is 4.79 Å². The number of carbonyl (C=O) groups is 1. The van der Waals surface area contributed by atoms with Gasteiger partial charge in [-0.3, -0.25) is 0 Å². The second-order valence-electron chi connectivity index (χ2n) is 3.56. The Morgan fingerprint density at radius 2 is 2.11 bits per heavy atom. The third-order valence-electron chi connectivity index (χ3n) is 2.43. The maximum Gasteiger partial charge on any atom is 0.407 e. The van der Waals surface area contributed by atoms with Crippen LogP contribution in [0.5, 0.6) is 0 Å². The maximum absolute atomic E-state index is 11.1. The predicted molar refractivity (Wildman–Crippen MR) is 67.1 cm³/mol. The molecule has 18 heavy (non-hydrogen) atoms. The predicted octanol–water partition coefficient (Wildman–Crippen LogP) is 2.62. The molecule has 0 aliphatic rings. The summed E-state index contributed by atoms with van der Waals surface area (Å²) in [5.41, 5.74) is 5.62. The van der Waals surface area contributed by atoms with Crippen molar-refractivity contribution in [2.45, 2.75) is 19.1 Å². The average molecular weight is 274 g/mol. The van der Waals surface area contributed by atoms with Crippen molar-refractivity contribution in [3.8, 4) is 0 Å². The number of carbonyl (C=O) groups excluding carboxylic acids is 1. The van der Waals surface area contributed by atoms with E-state index in [1.165, 1.54) is 7.11 Å². The summed E-state index contributed by atoms with van der Waals surface area (Å²) < 4.78 is 15.4. The Kier molecular flexibility index (Phi) is 5.40. The lowest BCUT2D eigenvalue weighted by atomic mass is 10.0. The Morgan fingerprint density at radius 3 is 2.61 bits per heavy atom. The maximum atomic E-state index is 11.1. The van der Waals surface area contributed by atoms with Crippen molar-refractivity contribution in [3.05, 3.63) is 34.9 Å². The summed E-state index contributed by atoms with van der Waals surface area (Å²) in [7, 11) is 1.47. The molecular weight excluding hydrogens is 258 g/mol. The van der Waals surface area contributed by atoms with E-state index in [4.69, 9.17) is 31.5 Å². The van der Waals surface area contributed by atoms with Gasteiger partial charge in [0, 0.05) is 19.1 Å². The Morgan fingerprint density at radius 1 is 1.44 bits per heavy atom. The topological polar surface area (TPSA) is 70.8 Å². The lowest BCUT2D eigenvalue weighted by Gasteiger charge is -2.32. The number of hydrogen-bond acceptors (Lipinski definition) is 4. The van der Waals surface area contributed by atoms with Gasteiger partial charge in [-0.1, -0.05) is 36.7 Å². The van der Waals surface area contributed by atoms with E-state index in [-0.39, 0.29) is 6.79 Å². The van der Waals surface area contributed by atoms with Crippen LogP contribution in [0.2, 0.25) is 5.02 Å². The molecule has 0 spiro atoms. The SMILES string of the molecule is CCC(OCOC)(OC(N)=O)c1ccccc1Cl. The molecule has 1 aromatic rings. The Balaban J connectivity index is 3.16. The van der Waals surface area contributed by atoms with Crippen LogP contribution in [0.15, 0.2) is 24.3 Å². The molecule has 1 rings (SSSR count). The van der Waals surface area contributed by atoms with Gasteiger partial charge in [-0.2, -0.15) is 0 Å². The van der Waals surface area contributed by atoms with Gasteiger partial charge in [0.25, 0.3) is 0 Å². The van der Waals surface area contributed by atoms with E-state index < -0.39 is 11.9 Å². The molecule has 0 aliphatic heterocycles. The first-order valence-corrected chi connectivity index (χ1v) is 5.80. The highest BCUT2D eigenvalue weighted by Crippen LogP contribution is 2.35. The van der Waals surface area contributed by atoms with E-state index in [1.54, 1.807) is 31.2 Å². The van der Waals surface area contributed by atoms with Crippen molar-refractivity contribution < 1.29 is 19.0 Å². The van der Waals surface area contributed by atoms with Crippen molar-refractivity contribution in [1.82, 2.24) is 0 Å². The van der Waals surface area contributed by atoms with Gasteiger partial charge in [0.05, 0.1) is 5.02 Å². The largest absolute Gasteiger partial charge is 0.412 e. The fraction of sp³-hybridized carbons (Fsp3) is 0.417. The summed E-state index contributed by atoms with van der Waals surface area (Å²) in [4.78, 5) is 11.1. The molecule has 0 saturated carbocycles. The van der Waals surface area contributed by atoms with Crippen LogP contribution >= 0.6 is 11.6 Å². The highest BCUT2D eigenvalue weighted by atomic mass is 35.5. The first kappa shape index (κ1) is 14.8.